The zero-order chi connectivity index (χ0) is 19.2. The Morgan fingerprint density at radius 2 is 1.89 bits per heavy atom. The quantitative estimate of drug-likeness (QED) is 0.727. The van der Waals surface area contributed by atoms with Crippen molar-refractivity contribution in [3.05, 3.63) is 53.8 Å². The van der Waals surface area contributed by atoms with Crippen LogP contribution in [0.1, 0.15) is 16.8 Å². The first-order chi connectivity index (χ1) is 13.1. The number of esters is 1. The molecule has 0 bridgehead atoms. The molecule has 1 amide bonds. The minimum atomic E-state index is -0.694. The first-order valence-electron chi connectivity index (χ1n) is 8.08. The molecule has 0 fully saturated rings. The fourth-order valence-corrected chi connectivity index (χ4v) is 2.49. The van der Waals surface area contributed by atoms with Crippen LogP contribution < -0.4 is 14.4 Å². The number of fused-ring (bicyclic) bond motifs is 1. The van der Waals surface area contributed by atoms with Crippen LogP contribution in [0.25, 0.3) is 0 Å². The van der Waals surface area contributed by atoms with Gasteiger partial charge in [-0.15, -0.1) is 0 Å². The molecule has 8 heteroatoms. The molecule has 1 aliphatic heterocycles. The van der Waals surface area contributed by atoms with Gasteiger partial charge in [0.2, 0.25) is 6.79 Å². The monoisotopic (exact) mass is 370 g/mol. The maximum absolute atomic E-state index is 13.1. The minimum Gasteiger partial charge on any atom is -0.454 e. The van der Waals surface area contributed by atoms with E-state index in [0.29, 0.717) is 17.2 Å². The Balaban J connectivity index is 1.65. The molecule has 2 aromatic carbocycles. The van der Waals surface area contributed by atoms with Crippen LogP contribution in [0.3, 0.4) is 0 Å². The van der Waals surface area contributed by atoms with E-state index in [0.717, 1.165) is 0 Å². The molecule has 27 heavy (non-hydrogen) atoms. The van der Waals surface area contributed by atoms with Crippen molar-refractivity contribution < 1.29 is 28.2 Å². The summed E-state index contributed by atoms with van der Waals surface area (Å²) in [7, 11) is 0. The molecule has 0 saturated carbocycles. The van der Waals surface area contributed by atoms with E-state index in [2.05, 4.69) is 0 Å². The smallest absolute Gasteiger partial charge is 0.338 e. The highest BCUT2D eigenvalue weighted by atomic mass is 19.1. The highest BCUT2D eigenvalue weighted by Gasteiger charge is 2.20. The predicted octanol–water partition coefficient (Wildman–Crippen LogP) is 2.66. The van der Waals surface area contributed by atoms with Crippen molar-refractivity contribution in [3.63, 3.8) is 0 Å². The number of ether oxygens (including phenoxy) is 3. The Labute approximate surface area is 154 Å². The molecule has 0 unspecified atom stereocenters. The number of hydrogen-bond acceptors (Lipinski definition) is 6. The molecular weight excluding hydrogens is 355 g/mol. The Morgan fingerprint density at radius 3 is 2.63 bits per heavy atom. The van der Waals surface area contributed by atoms with Gasteiger partial charge in [0.05, 0.1) is 18.1 Å². The predicted molar refractivity (Wildman–Crippen MR) is 91.8 cm³/mol. The van der Waals surface area contributed by atoms with Gasteiger partial charge in [-0.25, -0.2) is 9.18 Å². The molecule has 0 N–H and O–H groups in total. The van der Waals surface area contributed by atoms with Crippen LogP contribution in [-0.2, 0) is 9.53 Å². The largest absolute Gasteiger partial charge is 0.454 e. The van der Waals surface area contributed by atoms with E-state index in [1.54, 1.807) is 6.07 Å². The Hall–Kier alpha value is -3.60. The molecule has 0 aliphatic carbocycles. The number of nitriles is 1. The number of amides is 1. The van der Waals surface area contributed by atoms with E-state index in [1.165, 1.54) is 41.3 Å². The van der Waals surface area contributed by atoms with Crippen molar-refractivity contribution in [2.24, 2.45) is 0 Å². The molecule has 0 aromatic heterocycles. The van der Waals surface area contributed by atoms with E-state index < -0.39 is 24.3 Å². The number of carbonyl (C=O) groups excluding carboxylic acids is 2. The van der Waals surface area contributed by atoms with E-state index in [-0.39, 0.29) is 25.3 Å². The van der Waals surface area contributed by atoms with Crippen molar-refractivity contribution in [2.45, 2.75) is 6.42 Å². The Kier molecular flexibility index (Phi) is 5.52. The maximum Gasteiger partial charge on any atom is 0.338 e. The minimum absolute atomic E-state index is 0.0812. The van der Waals surface area contributed by atoms with Crippen molar-refractivity contribution in [1.29, 1.82) is 5.26 Å². The molecule has 3 rings (SSSR count). The topological polar surface area (TPSA) is 88.9 Å². The number of carbonyl (C=O) groups is 2. The number of nitrogens with zero attached hydrogens (tertiary/aromatic N) is 2. The molecule has 0 radical (unpaired) electrons. The lowest BCUT2D eigenvalue weighted by atomic mass is 10.2. The van der Waals surface area contributed by atoms with Gasteiger partial charge >= 0.3 is 5.97 Å². The van der Waals surface area contributed by atoms with Crippen LogP contribution in [0, 0.1) is 17.1 Å². The van der Waals surface area contributed by atoms with Crippen molar-refractivity contribution in [1.82, 2.24) is 0 Å². The fourth-order valence-electron chi connectivity index (χ4n) is 2.49. The van der Waals surface area contributed by atoms with Gasteiger partial charge in [0.25, 0.3) is 5.91 Å². The number of benzene rings is 2. The van der Waals surface area contributed by atoms with Crippen molar-refractivity contribution in [3.8, 4) is 17.6 Å². The number of halogens is 1. The normalized spacial score (nSPS) is 11.6. The second kappa shape index (κ2) is 8.19. The van der Waals surface area contributed by atoms with E-state index >= 15 is 0 Å². The molecule has 7 nitrogen and oxygen atoms in total. The summed E-state index contributed by atoms with van der Waals surface area (Å²) < 4.78 is 28.5. The third kappa shape index (κ3) is 4.33. The zero-order valence-electron chi connectivity index (χ0n) is 14.2. The lowest BCUT2D eigenvalue weighted by molar-refractivity contribution is -0.121. The first kappa shape index (κ1) is 18.2. The highest BCUT2D eigenvalue weighted by molar-refractivity contribution is 5.97. The van der Waals surface area contributed by atoms with Gasteiger partial charge in [0.1, 0.15) is 5.82 Å². The van der Waals surface area contributed by atoms with Gasteiger partial charge in [-0.05, 0) is 42.5 Å². The van der Waals surface area contributed by atoms with E-state index in [1.807, 2.05) is 6.07 Å². The number of rotatable bonds is 6. The molecular formula is C19H15FN2O5. The summed E-state index contributed by atoms with van der Waals surface area (Å²) in [5, 5.41) is 8.78. The van der Waals surface area contributed by atoms with Crippen LogP contribution in [0.2, 0.25) is 0 Å². The first-order valence-corrected chi connectivity index (χ1v) is 8.08. The average Bonchev–Trinajstić information content (AvgIpc) is 3.15. The molecule has 2 aromatic rings. The molecule has 0 saturated heterocycles. The van der Waals surface area contributed by atoms with Gasteiger partial charge in [0.15, 0.2) is 18.1 Å². The second-order valence-corrected chi connectivity index (χ2v) is 5.57. The second-order valence-electron chi connectivity index (χ2n) is 5.57. The van der Waals surface area contributed by atoms with E-state index in [4.69, 9.17) is 19.5 Å². The van der Waals surface area contributed by atoms with Gasteiger partial charge in [0, 0.05) is 12.2 Å². The molecule has 1 heterocycles. The summed E-state index contributed by atoms with van der Waals surface area (Å²) in [5.74, 6) is -0.702. The zero-order valence-corrected chi connectivity index (χ0v) is 14.2. The summed E-state index contributed by atoms with van der Waals surface area (Å²) in [6, 6.07) is 11.8. The fraction of sp³-hybridized carbons (Fsp3) is 0.211. The number of hydrogen-bond donors (Lipinski definition) is 0. The average molecular weight is 370 g/mol. The SMILES string of the molecule is N#CCCN(C(=O)COC(=O)c1ccc2c(c1)OCO2)c1ccc(F)cc1. The summed E-state index contributed by atoms with van der Waals surface area (Å²) in [6.45, 7) is -0.337. The number of anilines is 1. The summed E-state index contributed by atoms with van der Waals surface area (Å²) in [5.41, 5.74) is 0.633. The Morgan fingerprint density at radius 1 is 1.15 bits per heavy atom. The van der Waals surface area contributed by atoms with Gasteiger partial charge in [-0.3, -0.25) is 4.79 Å². The van der Waals surface area contributed by atoms with Gasteiger partial charge in [-0.1, -0.05) is 0 Å². The van der Waals surface area contributed by atoms with Crippen LogP contribution in [0.5, 0.6) is 11.5 Å². The molecule has 1 aliphatic rings. The third-order valence-electron chi connectivity index (χ3n) is 3.82. The van der Waals surface area contributed by atoms with Gasteiger partial charge < -0.3 is 19.1 Å². The summed E-state index contributed by atoms with van der Waals surface area (Å²) in [4.78, 5) is 25.9. The highest BCUT2D eigenvalue weighted by Crippen LogP contribution is 2.32. The van der Waals surface area contributed by atoms with Crippen LogP contribution in [0.15, 0.2) is 42.5 Å². The van der Waals surface area contributed by atoms with Crippen LogP contribution in [0.4, 0.5) is 10.1 Å². The van der Waals surface area contributed by atoms with E-state index in [9.17, 15) is 14.0 Å². The van der Waals surface area contributed by atoms with Crippen LogP contribution >= 0.6 is 0 Å². The molecule has 0 spiro atoms. The summed E-state index contributed by atoms with van der Waals surface area (Å²) >= 11 is 0. The summed E-state index contributed by atoms with van der Waals surface area (Å²) in [6.07, 6.45) is 0.0826. The lowest BCUT2D eigenvalue weighted by Gasteiger charge is -2.21. The lowest BCUT2D eigenvalue weighted by Crippen LogP contribution is -2.35. The maximum atomic E-state index is 13.1. The third-order valence-corrected chi connectivity index (χ3v) is 3.82. The Bertz CT molecular complexity index is 892. The molecule has 138 valence electrons. The standard InChI is InChI=1S/C19H15FN2O5/c20-14-3-5-15(6-4-14)22(9-1-8-21)18(23)11-25-19(24)13-2-7-16-17(10-13)27-12-26-16/h2-7,10H,1,9,11-12H2. The van der Waals surface area contributed by atoms with Crippen molar-refractivity contribution in [2.75, 3.05) is 24.8 Å². The van der Waals surface area contributed by atoms with Crippen LogP contribution in [-0.4, -0.2) is 31.8 Å². The molecule has 0 atom stereocenters. The van der Waals surface area contributed by atoms with Gasteiger partial charge in [-0.2, -0.15) is 5.26 Å². The van der Waals surface area contributed by atoms with Crippen molar-refractivity contribution >= 4 is 17.6 Å².